The number of aromatic nitrogens is 2. The zero-order valence-corrected chi connectivity index (χ0v) is 18.7. The molecule has 0 bridgehead atoms. The Morgan fingerprint density at radius 1 is 1.33 bits per heavy atom. The number of pyridine rings is 1. The van der Waals surface area contributed by atoms with Gasteiger partial charge in [0.15, 0.2) is 0 Å². The number of carbonyl (C=O) groups is 1. The van der Waals surface area contributed by atoms with Crippen LogP contribution in [0, 0.1) is 17.2 Å². The Labute approximate surface area is 189 Å². The summed E-state index contributed by atoms with van der Waals surface area (Å²) in [5, 5.41) is 16.6. The lowest BCUT2D eigenvalue weighted by Crippen LogP contribution is -2.27. The van der Waals surface area contributed by atoms with Crippen molar-refractivity contribution in [3.63, 3.8) is 0 Å². The smallest absolute Gasteiger partial charge is 0.387 e. The van der Waals surface area contributed by atoms with Gasteiger partial charge in [-0.3, -0.25) is 4.79 Å². The Morgan fingerprint density at radius 3 is 2.64 bits per heavy atom. The third-order valence-electron chi connectivity index (χ3n) is 5.98. The summed E-state index contributed by atoms with van der Waals surface area (Å²) >= 11 is 0. The van der Waals surface area contributed by atoms with E-state index in [-0.39, 0.29) is 23.1 Å². The van der Waals surface area contributed by atoms with Crippen molar-refractivity contribution < 1.29 is 23.0 Å². The highest BCUT2D eigenvalue weighted by atomic mass is 19.3. The molecule has 1 saturated carbocycles. The number of benzene rings is 1. The van der Waals surface area contributed by atoms with Crippen molar-refractivity contribution in [3.05, 3.63) is 47.8 Å². The second kappa shape index (κ2) is 8.35. The number of nitrogens with one attached hydrogen (secondary N) is 1. The molecule has 172 valence electrons. The Balaban J connectivity index is 1.80. The van der Waals surface area contributed by atoms with E-state index in [0.717, 1.165) is 12.0 Å². The molecular formula is C24H24F2N4O3. The van der Waals surface area contributed by atoms with Crippen LogP contribution in [0.25, 0.3) is 16.6 Å². The first kappa shape index (κ1) is 22.5. The second-order valence-electron chi connectivity index (χ2n) is 8.77. The molecule has 1 N–H and O–H groups in total. The Hall–Kier alpha value is -3.67. The molecular weight excluding hydrogens is 430 g/mol. The normalized spacial score (nSPS) is 17.6. The molecule has 9 heteroatoms. The van der Waals surface area contributed by atoms with Crippen LogP contribution in [0.1, 0.15) is 43.1 Å². The molecule has 0 radical (unpaired) electrons. The summed E-state index contributed by atoms with van der Waals surface area (Å²) in [6, 6.07) is 8.90. The Morgan fingerprint density at radius 2 is 2.03 bits per heavy atom. The van der Waals surface area contributed by atoms with Crippen molar-refractivity contribution in [1.29, 1.82) is 5.26 Å². The summed E-state index contributed by atoms with van der Waals surface area (Å²) in [5.74, 6) is -0.331. The van der Waals surface area contributed by atoms with E-state index in [9.17, 15) is 18.8 Å². The molecule has 1 aliphatic carbocycles. The average Bonchev–Trinajstić information content (AvgIpc) is 3.30. The van der Waals surface area contributed by atoms with Gasteiger partial charge in [0.2, 0.25) is 0 Å². The van der Waals surface area contributed by atoms with Crippen LogP contribution in [0.4, 0.5) is 8.78 Å². The lowest BCUT2D eigenvalue weighted by Gasteiger charge is -2.17. The van der Waals surface area contributed by atoms with E-state index in [1.54, 1.807) is 23.0 Å². The van der Waals surface area contributed by atoms with Gasteiger partial charge < -0.3 is 14.8 Å². The summed E-state index contributed by atoms with van der Waals surface area (Å²) in [5.41, 5.74) is 1.85. The van der Waals surface area contributed by atoms with E-state index >= 15 is 0 Å². The molecule has 7 nitrogen and oxygen atoms in total. The molecule has 0 saturated heterocycles. The maximum absolute atomic E-state index is 13.2. The van der Waals surface area contributed by atoms with Crippen LogP contribution in [0.15, 0.2) is 36.7 Å². The lowest BCUT2D eigenvalue weighted by atomic mass is 9.87. The molecule has 3 aromatic rings. The number of hydrogen-bond donors (Lipinski definition) is 1. The number of ether oxygens (including phenoxy) is 2. The van der Waals surface area contributed by atoms with E-state index in [4.69, 9.17) is 9.47 Å². The summed E-state index contributed by atoms with van der Waals surface area (Å²) in [7, 11) is 1.37. The molecule has 1 unspecified atom stereocenters. The number of hydrogen-bond acceptors (Lipinski definition) is 5. The van der Waals surface area contributed by atoms with Gasteiger partial charge in [0, 0.05) is 17.8 Å². The molecule has 33 heavy (non-hydrogen) atoms. The van der Waals surface area contributed by atoms with Gasteiger partial charge in [0.1, 0.15) is 17.1 Å². The van der Waals surface area contributed by atoms with Crippen molar-refractivity contribution >= 4 is 11.4 Å². The molecule has 1 aromatic carbocycles. The molecule has 1 aliphatic rings. The standard InChI is InChI=1S/C24H24F2N4O3/c1-13-7-17(13)29-22(31)21-19(32-4)8-14(9-20(21)33-23(25)26)16-10-28-30-11-15(5-6-18(16)30)24(2,3)12-27/h5-6,8-11,13,17,23H,7H2,1-4H3,(H,29,31)/t13?,17-/m1/s1. The van der Waals surface area contributed by atoms with Crippen LogP contribution >= 0.6 is 0 Å². The topological polar surface area (TPSA) is 88.7 Å². The summed E-state index contributed by atoms with van der Waals surface area (Å²) in [4.78, 5) is 12.8. The van der Waals surface area contributed by atoms with Crippen molar-refractivity contribution in [2.24, 2.45) is 5.92 Å². The van der Waals surface area contributed by atoms with Crippen molar-refractivity contribution in [1.82, 2.24) is 14.9 Å². The van der Waals surface area contributed by atoms with E-state index in [0.29, 0.717) is 22.6 Å². The van der Waals surface area contributed by atoms with Gasteiger partial charge in [-0.05, 0) is 55.5 Å². The fraction of sp³-hybridized carbons (Fsp3) is 0.375. The number of nitriles is 1. The van der Waals surface area contributed by atoms with Gasteiger partial charge in [-0.2, -0.15) is 19.1 Å². The lowest BCUT2D eigenvalue weighted by molar-refractivity contribution is -0.0502. The van der Waals surface area contributed by atoms with Crippen LogP contribution < -0.4 is 14.8 Å². The average molecular weight is 454 g/mol. The van der Waals surface area contributed by atoms with Crippen molar-refractivity contribution in [2.75, 3.05) is 7.11 Å². The molecule has 4 rings (SSSR count). The molecule has 0 spiro atoms. The predicted molar refractivity (Wildman–Crippen MR) is 117 cm³/mol. The number of amides is 1. The van der Waals surface area contributed by atoms with Crippen LogP contribution in [-0.4, -0.2) is 35.3 Å². The van der Waals surface area contributed by atoms with Crippen molar-refractivity contribution in [2.45, 2.75) is 45.3 Å². The number of halogens is 2. The first-order chi connectivity index (χ1) is 15.6. The molecule has 1 fully saturated rings. The zero-order chi connectivity index (χ0) is 23.9. The van der Waals surface area contributed by atoms with Crippen LogP contribution in [0.2, 0.25) is 0 Å². The Kier molecular flexibility index (Phi) is 5.70. The van der Waals surface area contributed by atoms with Gasteiger partial charge in [-0.1, -0.05) is 13.0 Å². The molecule has 0 aliphatic heterocycles. The fourth-order valence-electron chi connectivity index (χ4n) is 3.72. The highest BCUT2D eigenvalue weighted by Crippen LogP contribution is 2.39. The van der Waals surface area contributed by atoms with Gasteiger partial charge in [-0.15, -0.1) is 0 Å². The van der Waals surface area contributed by atoms with E-state index < -0.39 is 17.9 Å². The summed E-state index contributed by atoms with van der Waals surface area (Å²) in [6.45, 7) is 2.50. The fourth-order valence-corrected chi connectivity index (χ4v) is 3.72. The maximum Gasteiger partial charge on any atom is 0.387 e. The van der Waals surface area contributed by atoms with Crippen LogP contribution in [0.3, 0.4) is 0 Å². The molecule has 2 heterocycles. The molecule has 2 aromatic heterocycles. The van der Waals surface area contributed by atoms with Gasteiger partial charge >= 0.3 is 6.61 Å². The maximum atomic E-state index is 13.2. The number of fused-ring (bicyclic) bond motifs is 1. The van der Waals surface area contributed by atoms with Gasteiger partial charge in [0.05, 0.1) is 30.3 Å². The largest absolute Gasteiger partial charge is 0.496 e. The zero-order valence-electron chi connectivity index (χ0n) is 18.7. The van der Waals surface area contributed by atoms with Crippen LogP contribution in [-0.2, 0) is 5.41 Å². The van der Waals surface area contributed by atoms with Gasteiger partial charge in [0.25, 0.3) is 5.91 Å². The van der Waals surface area contributed by atoms with Gasteiger partial charge in [-0.25, -0.2) is 4.52 Å². The first-order valence-corrected chi connectivity index (χ1v) is 10.5. The minimum absolute atomic E-state index is 0.00718. The number of carbonyl (C=O) groups excluding carboxylic acids is 1. The first-order valence-electron chi connectivity index (χ1n) is 10.5. The second-order valence-corrected chi connectivity index (χ2v) is 8.77. The number of methoxy groups -OCH3 is 1. The van der Waals surface area contributed by atoms with E-state index in [1.807, 2.05) is 32.9 Å². The molecule has 1 amide bonds. The third-order valence-corrected chi connectivity index (χ3v) is 5.98. The van der Waals surface area contributed by atoms with E-state index in [2.05, 4.69) is 16.5 Å². The minimum Gasteiger partial charge on any atom is -0.496 e. The Bertz CT molecular complexity index is 1260. The number of rotatable bonds is 7. The van der Waals surface area contributed by atoms with Crippen LogP contribution in [0.5, 0.6) is 11.5 Å². The monoisotopic (exact) mass is 454 g/mol. The summed E-state index contributed by atoms with van der Waals surface area (Å²) in [6.07, 6.45) is 4.18. The number of nitrogens with zero attached hydrogens (tertiary/aromatic N) is 3. The highest BCUT2D eigenvalue weighted by molar-refractivity contribution is 6.01. The van der Waals surface area contributed by atoms with E-state index in [1.165, 1.54) is 13.2 Å². The summed E-state index contributed by atoms with van der Waals surface area (Å²) < 4.78 is 38.2. The molecule has 2 atom stereocenters. The third kappa shape index (κ3) is 4.33. The minimum atomic E-state index is -3.11. The SMILES string of the molecule is COc1cc(-c2cnn3cc(C(C)(C)C#N)ccc23)cc(OC(F)F)c1C(=O)N[C@@H]1CC1C. The number of alkyl halides is 2. The highest BCUT2D eigenvalue weighted by Gasteiger charge is 2.35. The predicted octanol–water partition coefficient (Wildman–Crippen LogP) is 4.55. The quantitative estimate of drug-likeness (QED) is 0.566. The van der Waals surface area contributed by atoms with Crippen molar-refractivity contribution in [3.8, 4) is 28.7 Å².